The third-order valence-electron chi connectivity index (χ3n) is 3.35. The van der Waals surface area contributed by atoms with Crippen molar-refractivity contribution in [1.82, 2.24) is 4.90 Å². The number of carboxylic acid groups (broad SMARTS) is 1. The highest BCUT2D eigenvalue weighted by atomic mass is 16.6. The van der Waals surface area contributed by atoms with E-state index in [0.717, 1.165) is 13.0 Å². The van der Waals surface area contributed by atoms with E-state index < -0.39 is 16.8 Å². The van der Waals surface area contributed by atoms with E-state index in [2.05, 4.69) is 0 Å². The van der Waals surface area contributed by atoms with Gasteiger partial charge in [-0.05, 0) is 33.1 Å². The lowest BCUT2D eigenvalue weighted by Gasteiger charge is -2.27. The first-order chi connectivity index (χ1) is 10.3. The predicted octanol–water partition coefficient (Wildman–Crippen LogP) is 2.07. The minimum absolute atomic E-state index is 0.0121. The Kier molecular flexibility index (Phi) is 6.78. The molecule has 7 nitrogen and oxygen atoms in total. The number of carboxylic acids is 1. The summed E-state index contributed by atoms with van der Waals surface area (Å²) in [6.07, 6.45) is 0.849. The van der Waals surface area contributed by atoms with E-state index in [0.29, 0.717) is 18.8 Å². The van der Waals surface area contributed by atoms with Crippen LogP contribution in [0.25, 0.3) is 0 Å². The normalized spacial score (nSPS) is 12.2. The maximum Gasteiger partial charge on any atom is 0.308 e. The van der Waals surface area contributed by atoms with Crippen molar-refractivity contribution >= 4 is 17.3 Å². The molecule has 1 aromatic carbocycles. The molecule has 0 aliphatic carbocycles. The molecule has 0 aromatic heterocycles. The lowest BCUT2D eigenvalue weighted by atomic mass is 10.1. The third-order valence-corrected chi connectivity index (χ3v) is 3.35. The quantitative estimate of drug-likeness (QED) is 0.555. The Hall–Kier alpha value is -2.15. The summed E-state index contributed by atoms with van der Waals surface area (Å²) in [4.78, 5) is 25.5. The Labute approximate surface area is 130 Å². The Morgan fingerprint density at radius 3 is 2.59 bits per heavy atom. The number of nitro groups is 1. The lowest BCUT2D eigenvalue weighted by molar-refractivity contribution is -0.384. The summed E-state index contributed by atoms with van der Waals surface area (Å²) in [5.74, 6) is -1.42. The molecule has 1 aromatic rings. The van der Waals surface area contributed by atoms with Crippen LogP contribution in [-0.2, 0) is 4.79 Å². The molecular formula is C15H23N3O4. The van der Waals surface area contributed by atoms with Gasteiger partial charge in [0.1, 0.15) is 0 Å². The van der Waals surface area contributed by atoms with E-state index >= 15 is 0 Å². The van der Waals surface area contributed by atoms with Crippen molar-refractivity contribution in [2.24, 2.45) is 5.92 Å². The second-order valence-corrected chi connectivity index (χ2v) is 5.62. The van der Waals surface area contributed by atoms with Crippen LogP contribution < -0.4 is 4.90 Å². The van der Waals surface area contributed by atoms with Crippen LogP contribution in [0.3, 0.4) is 0 Å². The van der Waals surface area contributed by atoms with Gasteiger partial charge in [0, 0.05) is 30.9 Å². The highest BCUT2D eigenvalue weighted by Gasteiger charge is 2.18. The van der Waals surface area contributed by atoms with Gasteiger partial charge in [0.15, 0.2) is 0 Å². The van der Waals surface area contributed by atoms with Gasteiger partial charge in [-0.25, -0.2) is 0 Å². The molecule has 7 heteroatoms. The van der Waals surface area contributed by atoms with Crippen LogP contribution in [-0.4, -0.2) is 54.6 Å². The lowest BCUT2D eigenvalue weighted by Crippen LogP contribution is -2.34. The van der Waals surface area contributed by atoms with Crippen molar-refractivity contribution in [3.63, 3.8) is 0 Å². The molecule has 122 valence electrons. The molecule has 0 saturated heterocycles. The molecule has 0 fully saturated rings. The van der Waals surface area contributed by atoms with Gasteiger partial charge in [0.2, 0.25) is 0 Å². The molecule has 0 aliphatic heterocycles. The van der Waals surface area contributed by atoms with Gasteiger partial charge in [-0.1, -0.05) is 13.0 Å². The van der Waals surface area contributed by atoms with Crippen LogP contribution in [0.1, 0.15) is 13.3 Å². The molecule has 0 bridgehead atoms. The first kappa shape index (κ1) is 17.9. The van der Waals surface area contributed by atoms with Gasteiger partial charge in [-0.15, -0.1) is 0 Å². The Morgan fingerprint density at radius 1 is 1.36 bits per heavy atom. The summed E-state index contributed by atoms with van der Waals surface area (Å²) in [6.45, 7) is 3.48. The number of carbonyl (C=O) groups is 1. The van der Waals surface area contributed by atoms with Gasteiger partial charge < -0.3 is 14.9 Å². The van der Waals surface area contributed by atoms with Crippen molar-refractivity contribution in [2.75, 3.05) is 38.6 Å². The number of benzene rings is 1. The molecular weight excluding hydrogens is 286 g/mol. The van der Waals surface area contributed by atoms with Crippen molar-refractivity contribution in [2.45, 2.75) is 13.3 Å². The van der Waals surface area contributed by atoms with Gasteiger partial charge in [0.25, 0.3) is 5.69 Å². The number of anilines is 1. The number of rotatable bonds is 9. The average molecular weight is 309 g/mol. The molecule has 1 unspecified atom stereocenters. The van der Waals surface area contributed by atoms with E-state index in [4.69, 9.17) is 5.11 Å². The number of nitro benzene ring substituents is 1. The second kappa shape index (κ2) is 8.33. The molecule has 0 spiro atoms. The SMILES string of the molecule is CC(CN(CCCN(C)C)c1cccc([N+](=O)[O-])c1)C(=O)O. The summed E-state index contributed by atoms with van der Waals surface area (Å²) in [5, 5.41) is 20.0. The van der Waals surface area contributed by atoms with Crippen molar-refractivity contribution in [3.05, 3.63) is 34.4 Å². The fraction of sp³-hybridized carbons (Fsp3) is 0.533. The first-order valence-electron chi connectivity index (χ1n) is 7.18. The van der Waals surface area contributed by atoms with Crippen LogP contribution >= 0.6 is 0 Å². The standard InChI is InChI=1S/C15H23N3O4/c1-12(15(19)20)11-17(9-5-8-16(2)3)13-6-4-7-14(10-13)18(21)22/h4,6-7,10,12H,5,8-9,11H2,1-3H3,(H,19,20). The summed E-state index contributed by atoms with van der Waals surface area (Å²) in [5.41, 5.74) is 0.694. The smallest absolute Gasteiger partial charge is 0.308 e. The summed E-state index contributed by atoms with van der Waals surface area (Å²) >= 11 is 0. The molecule has 0 saturated carbocycles. The van der Waals surface area contributed by atoms with Gasteiger partial charge in [-0.3, -0.25) is 14.9 Å². The van der Waals surface area contributed by atoms with E-state index in [1.165, 1.54) is 12.1 Å². The van der Waals surface area contributed by atoms with Crippen LogP contribution in [0.4, 0.5) is 11.4 Å². The molecule has 22 heavy (non-hydrogen) atoms. The highest BCUT2D eigenvalue weighted by molar-refractivity contribution is 5.70. The monoisotopic (exact) mass is 309 g/mol. The average Bonchev–Trinajstić information content (AvgIpc) is 2.45. The van der Waals surface area contributed by atoms with E-state index in [1.807, 2.05) is 23.9 Å². The summed E-state index contributed by atoms with van der Waals surface area (Å²) in [7, 11) is 3.94. The van der Waals surface area contributed by atoms with Crippen LogP contribution in [0.5, 0.6) is 0 Å². The molecule has 0 amide bonds. The molecule has 0 heterocycles. The predicted molar refractivity (Wildman–Crippen MR) is 85.3 cm³/mol. The summed E-state index contributed by atoms with van der Waals surface area (Å²) < 4.78 is 0. The summed E-state index contributed by atoms with van der Waals surface area (Å²) in [6, 6.07) is 6.32. The number of hydrogen-bond acceptors (Lipinski definition) is 5. The fourth-order valence-corrected chi connectivity index (χ4v) is 2.12. The largest absolute Gasteiger partial charge is 0.481 e. The van der Waals surface area contributed by atoms with Gasteiger partial charge >= 0.3 is 5.97 Å². The zero-order chi connectivity index (χ0) is 16.7. The van der Waals surface area contributed by atoms with Crippen molar-refractivity contribution in [3.8, 4) is 0 Å². The zero-order valence-electron chi connectivity index (χ0n) is 13.2. The topological polar surface area (TPSA) is 86.9 Å². The number of hydrogen-bond donors (Lipinski definition) is 1. The Balaban J connectivity index is 2.90. The zero-order valence-corrected chi connectivity index (χ0v) is 13.2. The molecule has 1 rings (SSSR count). The Bertz CT molecular complexity index is 519. The van der Waals surface area contributed by atoms with E-state index in [1.54, 1.807) is 19.1 Å². The third kappa shape index (κ3) is 5.69. The number of nitrogens with zero attached hydrogens (tertiary/aromatic N) is 3. The second-order valence-electron chi connectivity index (χ2n) is 5.62. The van der Waals surface area contributed by atoms with E-state index in [9.17, 15) is 14.9 Å². The van der Waals surface area contributed by atoms with Crippen LogP contribution in [0, 0.1) is 16.0 Å². The van der Waals surface area contributed by atoms with Crippen molar-refractivity contribution in [1.29, 1.82) is 0 Å². The van der Waals surface area contributed by atoms with Crippen LogP contribution in [0.2, 0.25) is 0 Å². The highest BCUT2D eigenvalue weighted by Crippen LogP contribution is 2.22. The van der Waals surface area contributed by atoms with Gasteiger partial charge in [0.05, 0.1) is 10.8 Å². The molecule has 1 atom stereocenters. The van der Waals surface area contributed by atoms with Crippen LogP contribution in [0.15, 0.2) is 24.3 Å². The maximum atomic E-state index is 11.1. The minimum Gasteiger partial charge on any atom is -0.481 e. The van der Waals surface area contributed by atoms with E-state index in [-0.39, 0.29) is 5.69 Å². The first-order valence-corrected chi connectivity index (χ1v) is 7.18. The molecule has 1 N–H and O–H groups in total. The fourth-order valence-electron chi connectivity index (χ4n) is 2.12. The molecule has 0 radical (unpaired) electrons. The minimum atomic E-state index is -0.872. The number of non-ortho nitro benzene ring substituents is 1. The maximum absolute atomic E-state index is 11.1. The number of aliphatic carboxylic acids is 1. The molecule has 0 aliphatic rings. The van der Waals surface area contributed by atoms with Gasteiger partial charge in [-0.2, -0.15) is 0 Å². The Morgan fingerprint density at radius 2 is 2.05 bits per heavy atom. The van der Waals surface area contributed by atoms with Crippen molar-refractivity contribution < 1.29 is 14.8 Å².